The fourth-order valence-corrected chi connectivity index (χ4v) is 2.88. The number of para-hydroxylation sites is 2. The van der Waals surface area contributed by atoms with Gasteiger partial charge in [0.25, 0.3) is 5.91 Å². The minimum Gasteiger partial charge on any atom is -0.481 e. The Balaban J connectivity index is 1.64. The highest BCUT2D eigenvalue weighted by atomic mass is 16.5. The number of nitrogens with one attached hydrogen (secondary N) is 1. The molecule has 1 aliphatic carbocycles. The van der Waals surface area contributed by atoms with E-state index in [1.807, 2.05) is 0 Å². The van der Waals surface area contributed by atoms with E-state index in [0.29, 0.717) is 24.3 Å². The lowest BCUT2D eigenvalue weighted by atomic mass is 9.80. The van der Waals surface area contributed by atoms with Gasteiger partial charge in [0.2, 0.25) is 5.91 Å². The molecular weight excluding hydrogens is 300 g/mol. The van der Waals surface area contributed by atoms with Crippen molar-refractivity contribution in [1.82, 2.24) is 5.32 Å². The monoisotopic (exact) mass is 318 g/mol. The third-order valence-electron chi connectivity index (χ3n) is 4.23. The van der Waals surface area contributed by atoms with Gasteiger partial charge in [-0.2, -0.15) is 0 Å². The van der Waals surface area contributed by atoms with Crippen molar-refractivity contribution in [2.24, 2.45) is 5.92 Å². The summed E-state index contributed by atoms with van der Waals surface area (Å²) < 4.78 is 5.52. The first-order valence-electron chi connectivity index (χ1n) is 7.55. The summed E-state index contributed by atoms with van der Waals surface area (Å²) in [5, 5.41) is 11.6. The molecule has 1 unspecified atom stereocenters. The van der Waals surface area contributed by atoms with Crippen LogP contribution in [0.25, 0.3) is 0 Å². The molecule has 7 heteroatoms. The zero-order chi connectivity index (χ0) is 16.6. The van der Waals surface area contributed by atoms with Gasteiger partial charge in [-0.05, 0) is 31.9 Å². The number of ether oxygens (including phenoxy) is 1. The maximum absolute atomic E-state index is 12.3. The highest BCUT2D eigenvalue weighted by molar-refractivity contribution is 6.03. The standard InChI is InChI=1S/C16H18N2O5/c1-9-15(20)18(12-4-2-3-5-13(12)23-9)8-14(19)17-11-6-10(7-11)16(21)22/h2-5,9-11H,6-8H2,1H3,(H,17,19)(H,21,22). The molecule has 0 aromatic heterocycles. The first-order valence-corrected chi connectivity index (χ1v) is 7.55. The van der Waals surface area contributed by atoms with E-state index in [0.717, 1.165) is 0 Å². The molecule has 23 heavy (non-hydrogen) atoms. The third-order valence-corrected chi connectivity index (χ3v) is 4.23. The van der Waals surface area contributed by atoms with Crippen molar-refractivity contribution in [3.8, 4) is 5.75 Å². The van der Waals surface area contributed by atoms with Gasteiger partial charge in [-0.1, -0.05) is 12.1 Å². The molecule has 1 aliphatic heterocycles. The van der Waals surface area contributed by atoms with Crippen LogP contribution in [-0.4, -0.2) is 41.6 Å². The Morgan fingerprint density at radius 2 is 2.04 bits per heavy atom. The number of carbonyl (C=O) groups excluding carboxylic acids is 2. The first-order chi connectivity index (χ1) is 11.0. The van der Waals surface area contributed by atoms with Crippen molar-refractivity contribution < 1.29 is 24.2 Å². The molecule has 0 saturated heterocycles. The second kappa shape index (κ2) is 5.91. The number of amides is 2. The molecule has 0 radical (unpaired) electrons. The summed E-state index contributed by atoms with van der Waals surface area (Å²) in [6, 6.07) is 6.94. The van der Waals surface area contributed by atoms with Gasteiger partial charge in [0.05, 0.1) is 11.6 Å². The minimum absolute atomic E-state index is 0.0994. The van der Waals surface area contributed by atoms with Gasteiger partial charge in [-0.15, -0.1) is 0 Å². The first kappa shape index (κ1) is 15.3. The van der Waals surface area contributed by atoms with Gasteiger partial charge in [-0.3, -0.25) is 19.3 Å². The van der Waals surface area contributed by atoms with Crippen LogP contribution in [0, 0.1) is 5.92 Å². The minimum atomic E-state index is -0.832. The van der Waals surface area contributed by atoms with Gasteiger partial charge >= 0.3 is 5.97 Å². The van der Waals surface area contributed by atoms with E-state index in [9.17, 15) is 14.4 Å². The maximum atomic E-state index is 12.3. The van der Waals surface area contributed by atoms with Crippen molar-refractivity contribution in [3.63, 3.8) is 0 Å². The highest BCUT2D eigenvalue weighted by Crippen LogP contribution is 2.33. The van der Waals surface area contributed by atoms with Crippen molar-refractivity contribution in [1.29, 1.82) is 0 Å². The quantitative estimate of drug-likeness (QED) is 0.855. The summed E-state index contributed by atoms with van der Waals surface area (Å²) in [4.78, 5) is 36.6. The molecule has 122 valence electrons. The number of hydrogen-bond donors (Lipinski definition) is 2. The van der Waals surface area contributed by atoms with E-state index >= 15 is 0 Å². The zero-order valence-corrected chi connectivity index (χ0v) is 12.7. The number of hydrogen-bond acceptors (Lipinski definition) is 4. The molecule has 7 nitrogen and oxygen atoms in total. The summed E-state index contributed by atoms with van der Waals surface area (Å²) in [5.41, 5.74) is 0.572. The molecule has 2 amide bonds. The van der Waals surface area contributed by atoms with Gasteiger partial charge in [0.15, 0.2) is 6.10 Å². The second-order valence-corrected chi connectivity index (χ2v) is 5.92. The Bertz CT molecular complexity index is 654. The predicted octanol–water partition coefficient (Wildman–Crippen LogP) is 0.780. The van der Waals surface area contributed by atoms with Crippen molar-refractivity contribution in [2.45, 2.75) is 31.9 Å². The van der Waals surface area contributed by atoms with E-state index < -0.39 is 12.1 Å². The smallest absolute Gasteiger partial charge is 0.306 e. The molecule has 1 aromatic carbocycles. The van der Waals surface area contributed by atoms with Crippen molar-refractivity contribution in [2.75, 3.05) is 11.4 Å². The number of carboxylic acid groups (broad SMARTS) is 1. The molecule has 1 aromatic rings. The SMILES string of the molecule is CC1Oc2ccccc2N(CC(=O)NC2CC(C(=O)O)C2)C1=O. The number of aliphatic carboxylic acids is 1. The summed E-state index contributed by atoms with van der Waals surface area (Å²) in [6.07, 6.45) is 0.230. The van der Waals surface area contributed by atoms with E-state index in [1.54, 1.807) is 31.2 Å². The van der Waals surface area contributed by atoms with Crippen LogP contribution in [0.3, 0.4) is 0 Å². The summed E-state index contributed by atoms with van der Waals surface area (Å²) in [6.45, 7) is 1.55. The average Bonchev–Trinajstić information content (AvgIpc) is 2.46. The fourth-order valence-electron chi connectivity index (χ4n) is 2.88. The molecular formula is C16H18N2O5. The number of nitrogens with zero attached hydrogens (tertiary/aromatic N) is 1. The number of anilines is 1. The van der Waals surface area contributed by atoms with E-state index in [-0.39, 0.29) is 30.3 Å². The van der Waals surface area contributed by atoms with Crippen LogP contribution in [0.4, 0.5) is 5.69 Å². The van der Waals surface area contributed by atoms with Crippen molar-refractivity contribution >= 4 is 23.5 Å². The summed E-state index contributed by atoms with van der Waals surface area (Å²) in [7, 11) is 0. The second-order valence-electron chi connectivity index (χ2n) is 5.92. The average molecular weight is 318 g/mol. The molecule has 1 fully saturated rings. The number of carboxylic acids is 1. The lowest BCUT2D eigenvalue weighted by Gasteiger charge is -2.35. The molecule has 1 saturated carbocycles. The summed E-state index contributed by atoms with van der Waals surface area (Å²) in [5.74, 6) is -1.21. The molecule has 2 N–H and O–H groups in total. The van der Waals surface area contributed by atoms with Crippen LogP contribution in [-0.2, 0) is 14.4 Å². The Labute approximate surface area is 133 Å². The molecule has 1 atom stereocenters. The van der Waals surface area contributed by atoms with E-state index in [4.69, 9.17) is 9.84 Å². The fraction of sp³-hybridized carbons (Fsp3) is 0.438. The van der Waals surface area contributed by atoms with Crippen LogP contribution < -0.4 is 15.0 Å². The molecule has 0 bridgehead atoms. The lowest BCUT2D eigenvalue weighted by molar-refractivity contribution is -0.146. The van der Waals surface area contributed by atoms with Crippen LogP contribution in [0.5, 0.6) is 5.75 Å². The Morgan fingerprint density at radius 3 is 2.74 bits per heavy atom. The number of rotatable bonds is 4. The number of fused-ring (bicyclic) bond motifs is 1. The zero-order valence-electron chi connectivity index (χ0n) is 12.7. The Kier molecular flexibility index (Phi) is 3.94. The Hall–Kier alpha value is -2.57. The molecule has 3 rings (SSSR count). The topological polar surface area (TPSA) is 95.9 Å². The van der Waals surface area contributed by atoms with Gasteiger partial charge in [-0.25, -0.2) is 0 Å². The molecule has 2 aliphatic rings. The van der Waals surface area contributed by atoms with Crippen LogP contribution in [0.1, 0.15) is 19.8 Å². The van der Waals surface area contributed by atoms with Crippen LogP contribution in [0.15, 0.2) is 24.3 Å². The van der Waals surface area contributed by atoms with Gasteiger partial charge in [0.1, 0.15) is 12.3 Å². The van der Waals surface area contributed by atoms with Crippen LogP contribution >= 0.6 is 0 Å². The number of carbonyl (C=O) groups is 3. The summed E-state index contributed by atoms with van der Waals surface area (Å²) >= 11 is 0. The predicted molar refractivity (Wildman–Crippen MR) is 81.2 cm³/mol. The van der Waals surface area contributed by atoms with Gasteiger partial charge in [0, 0.05) is 6.04 Å². The van der Waals surface area contributed by atoms with E-state index in [1.165, 1.54) is 4.90 Å². The molecule has 1 heterocycles. The van der Waals surface area contributed by atoms with Crippen molar-refractivity contribution in [3.05, 3.63) is 24.3 Å². The van der Waals surface area contributed by atoms with E-state index in [2.05, 4.69) is 5.32 Å². The van der Waals surface area contributed by atoms with Crippen LogP contribution in [0.2, 0.25) is 0 Å². The third kappa shape index (κ3) is 2.99. The van der Waals surface area contributed by atoms with Gasteiger partial charge < -0.3 is 15.2 Å². The highest BCUT2D eigenvalue weighted by Gasteiger charge is 2.37. The number of benzene rings is 1. The maximum Gasteiger partial charge on any atom is 0.306 e. The normalized spacial score (nSPS) is 25.9. The molecule has 0 spiro atoms. The lowest BCUT2D eigenvalue weighted by Crippen LogP contribution is -2.52. The largest absolute Gasteiger partial charge is 0.481 e. The Morgan fingerprint density at radius 1 is 1.35 bits per heavy atom.